The number of likely N-dealkylation sites (N-methyl/N-ethyl adjacent to an activating group) is 1. The Hall–Kier alpha value is -2.05. The summed E-state index contributed by atoms with van der Waals surface area (Å²) in [4.78, 5) is 13.7. The Morgan fingerprint density at radius 3 is 2.79 bits per heavy atom. The molecule has 124 valence electrons. The molecule has 1 aliphatic heterocycles. The van der Waals surface area contributed by atoms with Crippen molar-refractivity contribution in [3.05, 3.63) is 52.2 Å². The molecule has 6 nitrogen and oxygen atoms in total. The Balaban J connectivity index is 1.74. The highest BCUT2D eigenvalue weighted by Crippen LogP contribution is 2.29. The maximum Gasteiger partial charge on any atom is 0.242 e. The largest absolute Gasteiger partial charge is 0.325 e. The Morgan fingerprint density at radius 2 is 2.17 bits per heavy atom. The van der Waals surface area contributed by atoms with Gasteiger partial charge in [-0.3, -0.25) is 4.79 Å². The Bertz CT molecular complexity index is 783. The van der Waals surface area contributed by atoms with Gasteiger partial charge in [-0.1, -0.05) is 6.07 Å². The van der Waals surface area contributed by atoms with Gasteiger partial charge in [0.1, 0.15) is 6.04 Å². The number of benzene rings is 1. The molecule has 3 unspecified atom stereocenters. The second kappa shape index (κ2) is 7.23. The smallest absolute Gasteiger partial charge is 0.242 e. The Labute approximate surface area is 146 Å². The Morgan fingerprint density at radius 1 is 1.42 bits per heavy atom. The van der Waals surface area contributed by atoms with Gasteiger partial charge in [-0.05, 0) is 42.1 Å². The summed E-state index contributed by atoms with van der Waals surface area (Å²) >= 11 is 0.149. The summed E-state index contributed by atoms with van der Waals surface area (Å²) in [6.45, 7) is 0. The van der Waals surface area contributed by atoms with Crippen molar-refractivity contribution in [3.63, 3.8) is 0 Å². The third kappa shape index (κ3) is 3.55. The van der Waals surface area contributed by atoms with Crippen molar-refractivity contribution in [2.75, 3.05) is 12.4 Å². The predicted molar refractivity (Wildman–Crippen MR) is 94.3 cm³/mol. The second-order valence-electron chi connectivity index (χ2n) is 5.41. The average Bonchev–Trinajstić information content (AvgIpc) is 3.12. The molecule has 1 aliphatic rings. The van der Waals surface area contributed by atoms with Gasteiger partial charge in [-0.25, -0.2) is 13.2 Å². The van der Waals surface area contributed by atoms with Crippen LogP contribution < -0.4 is 10.0 Å². The summed E-state index contributed by atoms with van der Waals surface area (Å²) in [5.74, 6) is -0.210. The summed E-state index contributed by atoms with van der Waals surface area (Å²) < 4.78 is 16.8. The normalized spacial score (nSPS) is 24.2. The first-order valence-electron chi connectivity index (χ1n) is 7.34. The molecule has 2 heterocycles. The van der Waals surface area contributed by atoms with Crippen molar-refractivity contribution in [1.29, 1.82) is 5.26 Å². The molecule has 1 aromatic carbocycles. The van der Waals surface area contributed by atoms with Crippen LogP contribution in [0.25, 0.3) is 0 Å². The van der Waals surface area contributed by atoms with Crippen LogP contribution in [0, 0.1) is 11.3 Å². The van der Waals surface area contributed by atoms with E-state index in [0.29, 0.717) is 17.7 Å². The van der Waals surface area contributed by atoms with Crippen molar-refractivity contribution in [1.82, 2.24) is 9.03 Å². The first kappa shape index (κ1) is 16.8. The molecule has 0 bridgehead atoms. The van der Waals surface area contributed by atoms with Gasteiger partial charge in [0.15, 0.2) is 11.2 Å². The highest BCUT2D eigenvalue weighted by molar-refractivity contribution is 7.80. The van der Waals surface area contributed by atoms with Crippen molar-refractivity contribution in [2.45, 2.75) is 18.5 Å². The maximum atomic E-state index is 12.6. The lowest BCUT2D eigenvalue weighted by Gasteiger charge is -2.35. The number of rotatable bonds is 3. The van der Waals surface area contributed by atoms with E-state index in [-0.39, 0.29) is 11.9 Å². The van der Waals surface area contributed by atoms with E-state index in [9.17, 15) is 9.00 Å². The zero-order valence-electron chi connectivity index (χ0n) is 12.9. The highest BCUT2D eigenvalue weighted by atomic mass is 32.2. The fourth-order valence-corrected chi connectivity index (χ4v) is 4.44. The second-order valence-corrected chi connectivity index (χ2v) is 7.70. The third-order valence-electron chi connectivity index (χ3n) is 3.87. The third-order valence-corrected chi connectivity index (χ3v) is 6.12. The van der Waals surface area contributed by atoms with Crippen LogP contribution in [0.1, 0.15) is 22.9 Å². The predicted octanol–water partition coefficient (Wildman–Crippen LogP) is 2.17. The molecule has 2 N–H and O–H groups in total. The fourth-order valence-electron chi connectivity index (χ4n) is 2.53. The molecule has 0 spiro atoms. The lowest BCUT2D eigenvalue weighted by atomic mass is 10.1. The average molecular weight is 360 g/mol. The number of hydrogen-bond donors (Lipinski definition) is 2. The van der Waals surface area contributed by atoms with E-state index in [0.717, 1.165) is 4.88 Å². The molecule has 1 aromatic heterocycles. The maximum absolute atomic E-state index is 12.6. The highest BCUT2D eigenvalue weighted by Gasteiger charge is 2.36. The number of hydrogen-bond acceptors (Lipinski definition) is 4. The number of anilines is 1. The SMILES string of the molecule is CN1C(C(=O)Nc2ccc(C#N)cc2)CC(c2cccs2)NS1=O. The molecule has 2 aromatic rings. The van der Waals surface area contributed by atoms with Gasteiger partial charge in [0.2, 0.25) is 5.91 Å². The quantitative estimate of drug-likeness (QED) is 0.880. The van der Waals surface area contributed by atoms with E-state index in [4.69, 9.17) is 5.26 Å². The summed E-state index contributed by atoms with van der Waals surface area (Å²) in [5, 5.41) is 13.6. The minimum atomic E-state index is -1.43. The molecule has 0 saturated carbocycles. The lowest BCUT2D eigenvalue weighted by Crippen LogP contribution is -2.52. The van der Waals surface area contributed by atoms with Gasteiger partial charge in [-0.2, -0.15) is 5.26 Å². The molecule has 24 heavy (non-hydrogen) atoms. The van der Waals surface area contributed by atoms with E-state index in [1.807, 2.05) is 23.6 Å². The van der Waals surface area contributed by atoms with E-state index >= 15 is 0 Å². The van der Waals surface area contributed by atoms with Crippen LogP contribution in [0.15, 0.2) is 41.8 Å². The molecule has 8 heteroatoms. The summed E-state index contributed by atoms with van der Waals surface area (Å²) in [7, 11) is 1.66. The topological polar surface area (TPSA) is 85.2 Å². The van der Waals surface area contributed by atoms with Gasteiger partial charge >= 0.3 is 0 Å². The van der Waals surface area contributed by atoms with Gasteiger partial charge < -0.3 is 5.32 Å². The van der Waals surface area contributed by atoms with Crippen LogP contribution in [0.3, 0.4) is 0 Å². The molecule has 3 rings (SSSR count). The van der Waals surface area contributed by atoms with Crippen LogP contribution in [0.2, 0.25) is 0 Å². The van der Waals surface area contributed by atoms with E-state index < -0.39 is 17.2 Å². The molecule has 1 fully saturated rings. The van der Waals surface area contributed by atoms with Crippen LogP contribution in [0.5, 0.6) is 0 Å². The van der Waals surface area contributed by atoms with E-state index in [1.165, 1.54) is 4.31 Å². The van der Waals surface area contributed by atoms with Crippen LogP contribution in [-0.4, -0.2) is 27.5 Å². The number of thiophene rings is 1. The van der Waals surface area contributed by atoms with Crippen LogP contribution >= 0.6 is 11.3 Å². The van der Waals surface area contributed by atoms with Crippen molar-refractivity contribution >= 4 is 34.1 Å². The zero-order valence-corrected chi connectivity index (χ0v) is 14.6. The van der Waals surface area contributed by atoms with Gasteiger partial charge in [0.05, 0.1) is 17.7 Å². The summed E-state index contributed by atoms with van der Waals surface area (Å²) in [5.41, 5.74) is 1.15. The van der Waals surface area contributed by atoms with Crippen LogP contribution in [0.4, 0.5) is 5.69 Å². The minimum Gasteiger partial charge on any atom is -0.325 e. The molecule has 0 aliphatic carbocycles. The summed E-state index contributed by atoms with van der Waals surface area (Å²) in [6.07, 6.45) is 0.533. The Kier molecular flexibility index (Phi) is 5.06. The molecular weight excluding hydrogens is 344 g/mol. The number of nitriles is 1. The number of nitrogens with one attached hydrogen (secondary N) is 2. The first-order chi connectivity index (χ1) is 11.6. The standard InChI is InChI=1S/C16H16N4O2S2/c1-20-14(9-13(19-24(20)22)15-3-2-8-23-15)16(21)18-12-6-4-11(10-17)5-7-12/h2-8,13-14,19H,9H2,1H3,(H,18,21). The van der Waals surface area contributed by atoms with Crippen molar-refractivity contribution < 1.29 is 9.00 Å². The van der Waals surface area contributed by atoms with E-state index in [2.05, 4.69) is 10.0 Å². The minimum absolute atomic E-state index is 0.112. The fraction of sp³-hybridized carbons (Fsp3) is 0.250. The number of nitrogens with zero attached hydrogens (tertiary/aromatic N) is 2. The monoisotopic (exact) mass is 360 g/mol. The van der Waals surface area contributed by atoms with Crippen molar-refractivity contribution in [3.8, 4) is 6.07 Å². The number of carbonyl (C=O) groups excluding carboxylic acids is 1. The number of carbonyl (C=O) groups is 1. The molecule has 1 amide bonds. The first-order valence-corrected chi connectivity index (χ1v) is 9.32. The molecule has 0 radical (unpaired) electrons. The zero-order chi connectivity index (χ0) is 17.1. The molecule has 1 saturated heterocycles. The van der Waals surface area contributed by atoms with Crippen LogP contribution in [-0.2, 0) is 16.0 Å². The van der Waals surface area contributed by atoms with Gasteiger partial charge in [0.25, 0.3) is 0 Å². The van der Waals surface area contributed by atoms with Crippen molar-refractivity contribution in [2.24, 2.45) is 0 Å². The van der Waals surface area contributed by atoms with Gasteiger partial charge in [-0.15, -0.1) is 11.3 Å². The van der Waals surface area contributed by atoms with Gasteiger partial charge in [0, 0.05) is 17.6 Å². The number of amides is 1. The summed E-state index contributed by atoms with van der Waals surface area (Å²) in [6, 6.07) is 12.0. The lowest BCUT2D eigenvalue weighted by molar-refractivity contribution is -0.120. The molecule has 3 atom stereocenters. The van der Waals surface area contributed by atoms with E-state index in [1.54, 1.807) is 42.6 Å². The molecular formula is C16H16N4O2S2.